The van der Waals surface area contributed by atoms with Gasteiger partial charge in [-0.2, -0.15) is 0 Å². The van der Waals surface area contributed by atoms with E-state index in [2.05, 4.69) is 5.32 Å². The van der Waals surface area contributed by atoms with Crippen LogP contribution in [0.4, 0.5) is 0 Å². The molecule has 3 aromatic carbocycles. The molecule has 0 radical (unpaired) electrons. The predicted molar refractivity (Wildman–Crippen MR) is 141 cm³/mol. The summed E-state index contributed by atoms with van der Waals surface area (Å²) in [6, 6.07) is 23.8. The van der Waals surface area contributed by atoms with E-state index in [0.717, 1.165) is 16.9 Å². The average molecular weight is 513 g/mol. The highest BCUT2D eigenvalue weighted by molar-refractivity contribution is 6.42. The molecule has 0 saturated carbocycles. The second-order valence-corrected chi connectivity index (χ2v) is 8.95. The van der Waals surface area contributed by atoms with Crippen molar-refractivity contribution in [3.05, 3.63) is 100 Å². The van der Waals surface area contributed by atoms with Crippen molar-refractivity contribution in [1.82, 2.24) is 10.2 Å². The molecule has 1 unspecified atom stereocenters. The second kappa shape index (κ2) is 13.8. The molecule has 3 aromatic rings. The van der Waals surface area contributed by atoms with Gasteiger partial charge in [0.25, 0.3) is 0 Å². The third-order valence-electron chi connectivity index (χ3n) is 5.51. The number of likely N-dealkylation sites (N-methyl/N-ethyl adjacent to an activating group) is 1. The third-order valence-corrected chi connectivity index (χ3v) is 6.24. The zero-order chi connectivity index (χ0) is 25.0. The van der Waals surface area contributed by atoms with Crippen LogP contribution in [0.3, 0.4) is 0 Å². The highest BCUT2D eigenvalue weighted by atomic mass is 35.5. The standard InChI is InChI=1S/C28H30Cl2N2O3/c1-2-31-28(34)26(19-21-10-5-3-6-11-21)32(20-22-15-16-24(29)25(30)18-22)27(33)14-9-17-35-23-12-7-4-8-13-23/h3-8,10-13,15-16,18,26H,2,9,14,17,19-20H2,1H3,(H,31,34). The van der Waals surface area contributed by atoms with Crippen LogP contribution in [0.2, 0.25) is 10.0 Å². The Morgan fingerprint density at radius 1 is 0.914 bits per heavy atom. The highest BCUT2D eigenvalue weighted by Crippen LogP contribution is 2.24. The molecule has 0 bridgehead atoms. The van der Waals surface area contributed by atoms with Gasteiger partial charge in [0.15, 0.2) is 0 Å². The van der Waals surface area contributed by atoms with Crippen LogP contribution in [-0.4, -0.2) is 35.9 Å². The van der Waals surface area contributed by atoms with Gasteiger partial charge in [0.2, 0.25) is 11.8 Å². The average Bonchev–Trinajstić information content (AvgIpc) is 2.87. The number of hydrogen-bond donors (Lipinski definition) is 1. The van der Waals surface area contributed by atoms with Gasteiger partial charge in [0.1, 0.15) is 11.8 Å². The number of nitrogens with zero attached hydrogens (tertiary/aromatic N) is 1. The van der Waals surface area contributed by atoms with E-state index in [1.165, 1.54) is 0 Å². The molecule has 2 amide bonds. The van der Waals surface area contributed by atoms with E-state index in [9.17, 15) is 9.59 Å². The van der Waals surface area contributed by atoms with E-state index in [1.54, 1.807) is 17.0 Å². The lowest BCUT2D eigenvalue weighted by molar-refractivity contribution is -0.141. The molecule has 0 saturated heterocycles. The van der Waals surface area contributed by atoms with Gasteiger partial charge in [-0.25, -0.2) is 0 Å². The second-order valence-electron chi connectivity index (χ2n) is 8.14. The number of para-hydroxylation sites is 1. The summed E-state index contributed by atoms with van der Waals surface area (Å²) in [5.74, 6) is 0.446. The summed E-state index contributed by atoms with van der Waals surface area (Å²) in [6.45, 7) is 2.98. The molecule has 7 heteroatoms. The van der Waals surface area contributed by atoms with E-state index in [1.807, 2.05) is 73.7 Å². The van der Waals surface area contributed by atoms with Gasteiger partial charge < -0.3 is 15.0 Å². The maximum absolute atomic E-state index is 13.5. The smallest absolute Gasteiger partial charge is 0.243 e. The first kappa shape index (κ1) is 26.6. The number of carbonyl (C=O) groups excluding carboxylic acids is 2. The minimum Gasteiger partial charge on any atom is -0.494 e. The first-order valence-corrected chi connectivity index (χ1v) is 12.5. The van der Waals surface area contributed by atoms with E-state index in [0.29, 0.717) is 36.0 Å². The van der Waals surface area contributed by atoms with Crippen LogP contribution in [0.15, 0.2) is 78.9 Å². The molecule has 0 spiro atoms. The summed E-state index contributed by atoms with van der Waals surface area (Å²) >= 11 is 12.3. The molecule has 0 heterocycles. The Bertz CT molecular complexity index is 1090. The molecule has 184 valence electrons. The number of ether oxygens (including phenoxy) is 1. The highest BCUT2D eigenvalue weighted by Gasteiger charge is 2.30. The van der Waals surface area contributed by atoms with Crippen LogP contribution in [0.5, 0.6) is 5.75 Å². The van der Waals surface area contributed by atoms with Crippen molar-refractivity contribution in [3.63, 3.8) is 0 Å². The Hall–Kier alpha value is -3.02. The Labute approximate surface area is 217 Å². The molecule has 1 N–H and O–H groups in total. The molecule has 3 rings (SSSR count). The maximum Gasteiger partial charge on any atom is 0.243 e. The molecule has 35 heavy (non-hydrogen) atoms. The molecular formula is C28H30Cl2N2O3. The Morgan fingerprint density at radius 3 is 2.26 bits per heavy atom. The first-order valence-electron chi connectivity index (χ1n) is 11.7. The number of carbonyl (C=O) groups is 2. The Kier molecular flexibility index (Phi) is 10.5. The van der Waals surface area contributed by atoms with Crippen molar-refractivity contribution >= 4 is 35.0 Å². The van der Waals surface area contributed by atoms with Gasteiger partial charge in [-0.05, 0) is 48.7 Å². The molecular weight excluding hydrogens is 483 g/mol. The van der Waals surface area contributed by atoms with Gasteiger partial charge in [0.05, 0.1) is 16.7 Å². The van der Waals surface area contributed by atoms with Crippen molar-refractivity contribution in [2.45, 2.75) is 38.8 Å². The summed E-state index contributed by atoms with van der Waals surface area (Å²) in [6.07, 6.45) is 1.18. The van der Waals surface area contributed by atoms with Crippen molar-refractivity contribution < 1.29 is 14.3 Å². The van der Waals surface area contributed by atoms with Crippen LogP contribution in [0, 0.1) is 0 Å². The molecule has 1 atom stereocenters. The number of hydrogen-bond acceptors (Lipinski definition) is 3. The molecule has 0 aliphatic rings. The van der Waals surface area contributed by atoms with E-state index in [4.69, 9.17) is 27.9 Å². The number of halogens is 2. The van der Waals surface area contributed by atoms with Gasteiger partial charge in [0, 0.05) is 25.9 Å². The zero-order valence-corrected chi connectivity index (χ0v) is 21.3. The van der Waals surface area contributed by atoms with Gasteiger partial charge in [-0.3, -0.25) is 9.59 Å². The lowest BCUT2D eigenvalue weighted by Gasteiger charge is -2.31. The SMILES string of the molecule is CCNC(=O)C(Cc1ccccc1)N(Cc1ccc(Cl)c(Cl)c1)C(=O)CCCOc1ccccc1. The Balaban J connectivity index is 1.79. The van der Waals surface area contributed by atoms with E-state index < -0.39 is 6.04 Å². The van der Waals surface area contributed by atoms with Gasteiger partial charge in [-0.15, -0.1) is 0 Å². The van der Waals surface area contributed by atoms with Crippen LogP contribution >= 0.6 is 23.2 Å². The van der Waals surface area contributed by atoms with Crippen LogP contribution in [0.1, 0.15) is 30.9 Å². The van der Waals surface area contributed by atoms with Crippen molar-refractivity contribution in [2.24, 2.45) is 0 Å². The van der Waals surface area contributed by atoms with Crippen LogP contribution < -0.4 is 10.1 Å². The minimum absolute atomic E-state index is 0.125. The van der Waals surface area contributed by atoms with Crippen molar-refractivity contribution in [3.8, 4) is 5.75 Å². The molecule has 5 nitrogen and oxygen atoms in total. The van der Waals surface area contributed by atoms with Gasteiger partial charge in [-0.1, -0.05) is 77.8 Å². The number of benzene rings is 3. The summed E-state index contributed by atoms with van der Waals surface area (Å²) in [4.78, 5) is 28.3. The van der Waals surface area contributed by atoms with Crippen LogP contribution in [0.25, 0.3) is 0 Å². The van der Waals surface area contributed by atoms with Gasteiger partial charge >= 0.3 is 0 Å². The number of nitrogens with one attached hydrogen (secondary N) is 1. The molecule has 0 aromatic heterocycles. The minimum atomic E-state index is -0.672. The summed E-state index contributed by atoms with van der Waals surface area (Å²) < 4.78 is 5.74. The molecule has 0 aliphatic carbocycles. The number of amides is 2. The summed E-state index contributed by atoms with van der Waals surface area (Å²) in [5, 5.41) is 3.74. The lowest BCUT2D eigenvalue weighted by atomic mass is 10.0. The normalized spacial score (nSPS) is 11.5. The number of rotatable bonds is 12. The molecule has 0 fully saturated rings. The van der Waals surface area contributed by atoms with E-state index >= 15 is 0 Å². The van der Waals surface area contributed by atoms with Crippen molar-refractivity contribution in [1.29, 1.82) is 0 Å². The Morgan fingerprint density at radius 2 is 1.60 bits per heavy atom. The topological polar surface area (TPSA) is 58.6 Å². The first-order chi connectivity index (χ1) is 17.0. The third kappa shape index (κ3) is 8.30. The summed E-state index contributed by atoms with van der Waals surface area (Å²) in [7, 11) is 0. The fraction of sp³-hybridized carbons (Fsp3) is 0.286. The fourth-order valence-corrected chi connectivity index (χ4v) is 4.08. The molecule has 0 aliphatic heterocycles. The van der Waals surface area contributed by atoms with E-state index in [-0.39, 0.29) is 24.8 Å². The lowest BCUT2D eigenvalue weighted by Crippen LogP contribution is -2.50. The fourth-order valence-electron chi connectivity index (χ4n) is 3.75. The van der Waals surface area contributed by atoms with Crippen LogP contribution in [-0.2, 0) is 22.6 Å². The van der Waals surface area contributed by atoms with Crippen molar-refractivity contribution in [2.75, 3.05) is 13.2 Å². The quantitative estimate of drug-likeness (QED) is 0.306. The zero-order valence-electron chi connectivity index (χ0n) is 19.8. The summed E-state index contributed by atoms with van der Waals surface area (Å²) in [5.41, 5.74) is 1.78. The maximum atomic E-state index is 13.5. The largest absolute Gasteiger partial charge is 0.494 e. The monoisotopic (exact) mass is 512 g/mol. The predicted octanol–water partition coefficient (Wildman–Crippen LogP) is 5.93.